The maximum absolute atomic E-state index is 11.6. The van der Waals surface area contributed by atoms with Crippen LogP contribution in [0.5, 0.6) is 0 Å². The zero-order valence-corrected chi connectivity index (χ0v) is 13.6. The Morgan fingerprint density at radius 1 is 1.19 bits per heavy atom. The predicted octanol–water partition coefficient (Wildman–Crippen LogP) is 2.58. The van der Waals surface area contributed by atoms with Crippen molar-refractivity contribution in [1.82, 2.24) is 9.88 Å². The van der Waals surface area contributed by atoms with Crippen molar-refractivity contribution >= 4 is 20.7 Å². The Kier molecular flexibility index (Phi) is 5.42. The molecule has 1 aromatic carbocycles. The first kappa shape index (κ1) is 16.0. The number of nitrogens with zero attached hydrogens (tertiary/aromatic N) is 1. The molecule has 116 valence electrons. The fourth-order valence-corrected chi connectivity index (χ4v) is 3.09. The van der Waals surface area contributed by atoms with Crippen molar-refractivity contribution in [3.05, 3.63) is 36.0 Å². The summed E-state index contributed by atoms with van der Waals surface area (Å²) in [4.78, 5) is 0. The van der Waals surface area contributed by atoms with Crippen molar-refractivity contribution in [3.8, 4) is 0 Å². The molecule has 2 aromatic rings. The van der Waals surface area contributed by atoms with Gasteiger partial charge in [-0.25, -0.2) is 8.42 Å². The molecule has 0 spiro atoms. The van der Waals surface area contributed by atoms with Crippen LogP contribution < -0.4 is 5.32 Å². The van der Waals surface area contributed by atoms with E-state index in [-0.39, 0.29) is 11.5 Å². The van der Waals surface area contributed by atoms with Crippen LogP contribution in [-0.2, 0) is 22.9 Å². The summed E-state index contributed by atoms with van der Waals surface area (Å²) in [6, 6.07) is 8.41. The summed E-state index contributed by atoms with van der Waals surface area (Å²) in [6.07, 6.45) is 3.09. The van der Waals surface area contributed by atoms with Crippen LogP contribution in [0.4, 0.5) is 0 Å². The molecule has 0 radical (unpaired) electrons. The summed E-state index contributed by atoms with van der Waals surface area (Å²) in [5.74, 6) is 0.407. The molecule has 0 amide bonds. The molecule has 0 aliphatic heterocycles. The third-order valence-electron chi connectivity index (χ3n) is 3.68. The van der Waals surface area contributed by atoms with Gasteiger partial charge in [0, 0.05) is 30.6 Å². The van der Waals surface area contributed by atoms with Gasteiger partial charge >= 0.3 is 0 Å². The van der Waals surface area contributed by atoms with E-state index in [4.69, 9.17) is 0 Å². The summed E-state index contributed by atoms with van der Waals surface area (Å²) in [7, 11) is -2.93. The summed E-state index contributed by atoms with van der Waals surface area (Å²) >= 11 is 0. The summed E-state index contributed by atoms with van der Waals surface area (Å²) < 4.78 is 25.3. The molecule has 1 N–H and O–H groups in total. The number of aryl methyl sites for hydroxylation is 1. The molecule has 2 rings (SSSR count). The highest BCUT2D eigenvalue weighted by Crippen LogP contribution is 2.18. The molecule has 0 aliphatic carbocycles. The molecular weight excluding hydrogens is 284 g/mol. The number of fused-ring (bicyclic) bond motifs is 1. The molecule has 0 unspecified atom stereocenters. The van der Waals surface area contributed by atoms with Crippen LogP contribution >= 0.6 is 0 Å². The standard InChI is InChI=1S/C16H24N2O2S/c1-3-8-17-13-14-5-6-15-7-9-18(16(15)12-14)10-11-21(19,20)4-2/h5-7,9,12,17H,3-4,8,10-11,13H2,1-2H3. The largest absolute Gasteiger partial charge is 0.346 e. The maximum Gasteiger partial charge on any atom is 0.151 e. The van der Waals surface area contributed by atoms with Crippen LogP contribution in [0.3, 0.4) is 0 Å². The second-order valence-corrected chi connectivity index (χ2v) is 7.79. The Balaban J connectivity index is 2.15. The van der Waals surface area contributed by atoms with Gasteiger partial charge in [-0.15, -0.1) is 0 Å². The highest BCUT2D eigenvalue weighted by atomic mass is 32.2. The average molecular weight is 308 g/mol. The van der Waals surface area contributed by atoms with E-state index in [1.165, 1.54) is 5.56 Å². The van der Waals surface area contributed by atoms with Gasteiger partial charge in [-0.05, 0) is 36.0 Å². The van der Waals surface area contributed by atoms with Crippen LogP contribution in [0, 0.1) is 0 Å². The SMILES string of the molecule is CCCNCc1ccc2ccn(CCS(=O)(=O)CC)c2c1. The third-order valence-corrected chi connectivity index (χ3v) is 5.36. The average Bonchev–Trinajstić information content (AvgIpc) is 2.88. The molecule has 0 saturated carbocycles. The summed E-state index contributed by atoms with van der Waals surface area (Å²) in [6.45, 7) is 6.22. The van der Waals surface area contributed by atoms with Crippen LogP contribution in [-0.4, -0.2) is 31.0 Å². The topological polar surface area (TPSA) is 51.1 Å². The Bertz CT molecular complexity index is 689. The van der Waals surface area contributed by atoms with Crippen molar-refractivity contribution in [1.29, 1.82) is 0 Å². The second kappa shape index (κ2) is 7.09. The van der Waals surface area contributed by atoms with Gasteiger partial charge in [0.2, 0.25) is 0 Å². The molecular formula is C16H24N2O2S. The van der Waals surface area contributed by atoms with E-state index >= 15 is 0 Å². The molecule has 5 heteroatoms. The van der Waals surface area contributed by atoms with E-state index < -0.39 is 9.84 Å². The monoisotopic (exact) mass is 308 g/mol. The Morgan fingerprint density at radius 3 is 2.71 bits per heavy atom. The van der Waals surface area contributed by atoms with Crippen LogP contribution in [0.1, 0.15) is 25.8 Å². The molecule has 0 bridgehead atoms. The van der Waals surface area contributed by atoms with Gasteiger partial charge < -0.3 is 9.88 Å². The van der Waals surface area contributed by atoms with Crippen molar-refractivity contribution < 1.29 is 8.42 Å². The molecule has 0 atom stereocenters. The van der Waals surface area contributed by atoms with E-state index in [9.17, 15) is 8.42 Å². The fraction of sp³-hybridized carbons (Fsp3) is 0.500. The lowest BCUT2D eigenvalue weighted by Gasteiger charge is -2.08. The molecule has 0 aliphatic rings. The quantitative estimate of drug-likeness (QED) is 0.763. The molecule has 4 nitrogen and oxygen atoms in total. The Hall–Kier alpha value is -1.33. The van der Waals surface area contributed by atoms with Gasteiger partial charge in [-0.3, -0.25) is 0 Å². The third kappa shape index (κ3) is 4.32. The van der Waals surface area contributed by atoms with E-state index in [1.54, 1.807) is 6.92 Å². The molecule has 1 heterocycles. The lowest BCUT2D eigenvalue weighted by Crippen LogP contribution is -2.15. The lowest BCUT2D eigenvalue weighted by atomic mass is 10.1. The maximum atomic E-state index is 11.6. The minimum atomic E-state index is -2.93. The Labute approximate surface area is 127 Å². The minimum Gasteiger partial charge on any atom is -0.346 e. The van der Waals surface area contributed by atoms with Crippen molar-refractivity contribution in [2.75, 3.05) is 18.1 Å². The zero-order valence-electron chi connectivity index (χ0n) is 12.8. The number of benzene rings is 1. The van der Waals surface area contributed by atoms with Crippen molar-refractivity contribution in [2.24, 2.45) is 0 Å². The predicted molar refractivity (Wildman–Crippen MR) is 88.3 cm³/mol. The minimum absolute atomic E-state index is 0.200. The smallest absolute Gasteiger partial charge is 0.151 e. The highest BCUT2D eigenvalue weighted by molar-refractivity contribution is 7.91. The van der Waals surface area contributed by atoms with Crippen LogP contribution in [0.15, 0.2) is 30.5 Å². The Morgan fingerprint density at radius 2 is 2.00 bits per heavy atom. The van der Waals surface area contributed by atoms with Gasteiger partial charge in [0.05, 0.1) is 5.75 Å². The van der Waals surface area contributed by atoms with E-state index in [0.29, 0.717) is 6.54 Å². The van der Waals surface area contributed by atoms with Crippen molar-refractivity contribution in [3.63, 3.8) is 0 Å². The fourth-order valence-electron chi connectivity index (χ4n) is 2.33. The van der Waals surface area contributed by atoms with Gasteiger partial charge in [-0.2, -0.15) is 0 Å². The van der Waals surface area contributed by atoms with E-state index in [1.807, 2.05) is 16.8 Å². The molecule has 0 fully saturated rings. The lowest BCUT2D eigenvalue weighted by molar-refractivity contribution is 0.591. The normalized spacial score (nSPS) is 12.1. The first-order valence-corrected chi connectivity index (χ1v) is 9.37. The van der Waals surface area contributed by atoms with Crippen LogP contribution in [0.25, 0.3) is 10.9 Å². The van der Waals surface area contributed by atoms with Gasteiger partial charge in [-0.1, -0.05) is 26.0 Å². The second-order valence-electron chi connectivity index (χ2n) is 5.32. The number of hydrogen-bond acceptors (Lipinski definition) is 3. The van der Waals surface area contributed by atoms with Crippen LogP contribution in [0.2, 0.25) is 0 Å². The van der Waals surface area contributed by atoms with Gasteiger partial charge in [0.25, 0.3) is 0 Å². The highest BCUT2D eigenvalue weighted by Gasteiger charge is 2.09. The zero-order chi connectivity index (χ0) is 15.3. The number of aromatic nitrogens is 1. The molecule has 0 saturated heterocycles. The summed E-state index contributed by atoms with van der Waals surface area (Å²) in [5.41, 5.74) is 2.34. The number of nitrogens with one attached hydrogen (secondary N) is 1. The number of sulfone groups is 1. The first-order valence-electron chi connectivity index (χ1n) is 7.54. The van der Waals surface area contributed by atoms with E-state index in [2.05, 4.69) is 30.4 Å². The van der Waals surface area contributed by atoms with Crippen molar-refractivity contribution in [2.45, 2.75) is 33.4 Å². The van der Waals surface area contributed by atoms with Gasteiger partial charge in [0.1, 0.15) is 0 Å². The first-order chi connectivity index (χ1) is 10.1. The molecule has 1 aromatic heterocycles. The molecule has 21 heavy (non-hydrogen) atoms. The van der Waals surface area contributed by atoms with E-state index in [0.717, 1.165) is 30.4 Å². The summed E-state index contributed by atoms with van der Waals surface area (Å²) in [5, 5.41) is 4.54. The number of rotatable bonds is 8. The van der Waals surface area contributed by atoms with Gasteiger partial charge in [0.15, 0.2) is 9.84 Å². The number of hydrogen-bond donors (Lipinski definition) is 1.